The van der Waals surface area contributed by atoms with Gasteiger partial charge in [-0.05, 0) is 36.5 Å². The highest BCUT2D eigenvalue weighted by molar-refractivity contribution is 5.93. The first kappa shape index (κ1) is 19.1. The number of aliphatic hydroxyl groups is 1. The fraction of sp³-hybridized carbons (Fsp3) is 0.478. The van der Waals surface area contributed by atoms with Gasteiger partial charge in [0.15, 0.2) is 0 Å². The third-order valence-corrected chi connectivity index (χ3v) is 6.39. The largest absolute Gasteiger partial charge is 0.395 e. The Balaban J connectivity index is 1.49. The molecule has 0 radical (unpaired) electrons. The van der Waals surface area contributed by atoms with Crippen molar-refractivity contribution in [2.45, 2.75) is 43.7 Å². The summed E-state index contributed by atoms with van der Waals surface area (Å²) >= 11 is 0. The van der Waals surface area contributed by atoms with Crippen LogP contribution in [0.5, 0.6) is 0 Å². The summed E-state index contributed by atoms with van der Waals surface area (Å²) in [6, 6.07) is 14.3. The summed E-state index contributed by atoms with van der Waals surface area (Å²) in [6.45, 7) is 1.75. The molecule has 3 atom stereocenters. The van der Waals surface area contributed by atoms with E-state index in [0.29, 0.717) is 18.0 Å². The Kier molecular flexibility index (Phi) is 6.03. The molecule has 0 unspecified atom stereocenters. The van der Waals surface area contributed by atoms with E-state index in [-0.39, 0.29) is 30.5 Å². The van der Waals surface area contributed by atoms with Crippen molar-refractivity contribution in [2.24, 2.45) is 5.92 Å². The molecule has 148 valence electrons. The molecule has 2 aromatic rings. The SMILES string of the molecule is O=C(NC[C@@H]1[C@H](c2ccccc2)[C@H](CO)N1CC1CCCC1)c1cccnc1. The van der Waals surface area contributed by atoms with Crippen LogP contribution in [0.15, 0.2) is 54.9 Å². The lowest BCUT2D eigenvalue weighted by Gasteiger charge is -2.56. The minimum absolute atomic E-state index is 0.0897. The van der Waals surface area contributed by atoms with Crippen LogP contribution in [0.2, 0.25) is 0 Å². The number of likely N-dealkylation sites (tertiary alicyclic amines) is 1. The predicted molar refractivity (Wildman–Crippen MR) is 109 cm³/mol. The normalized spacial score (nSPS) is 25.4. The maximum absolute atomic E-state index is 12.5. The molecular weight excluding hydrogens is 350 g/mol. The molecule has 4 rings (SSSR count). The molecule has 0 bridgehead atoms. The summed E-state index contributed by atoms with van der Waals surface area (Å²) in [6.07, 6.45) is 8.44. The van der Waals surface area contributed by atoms with E-state index in [4.69, 9.17) is 0 Å². The Labute approximate surface area is 166 Å². The molecule has 2 fully saturated rings. The van der Waals surface area contributed by atoms with Crippen LogP contribution in [0.1, 0.15) is 47.5 Å². The van der Waals surface area contributed by atoms with Crippen molar-refractivity contribution in [3.63, 3.8) is 0 Å². The Morgan fingerprint density at radius 2 is 1.89 bits per heavy atom. The summed E-state index contributed by atoms with van der Waals surface area (Å²) in [5.41, 5.74) is 1.82. The molecule has 2 aliphatic rings. The quantitative estimate of drug-likeness (QED) is 0.776. The van der Waals surface area contributed by atoms with E-state index in [1.165, 1.54) is 31.2 Å². The molecule has 5 heteroatoms. The van der Waals surface area contributed by atoms with Crippen LogP contribution in [0.25, 0.3) is 0 Å². The fourth-order valence-electron chi connectivity index (χ4n) is 4.95. The molecule has 1 aliphatic heterocycles. The summed E-state index contributed by atoms with van der Waals surface area (Å²) in [5, 5.41) is 13.2. The summed E-state index contributed by atoms with van der Waals surface area (Å²) in [5.74, 6) is 0.859. The lowest BCUT2D eigenvalue weighted by molar-refractivity contribution is -0.0506. The maximum Gasteiger partial charge on any atom is 0.252 e. The number of hydrogen-bond acceptors (Lipinski definition) is 4. The van der Waals surface area contributed by atoms with E-state index < -0.39 is 0 Å². The highest BCUT2D eigenvalue weighted by Gasteiger charge is 2.49. The number of pyridine rings is 1. The second-order valence-electron chi connectivity index (χ2n) is 8.05. The third kappa shape index (κ3) is 3.96. The lowest BCUT2D eigenvalue weighted by atomic mass is 9.74. The number of amides is 1. The maximum atomic E-state index is 12.5. The second kappa shape index (κ2) is 8.84. The van der Waals surface area contributed by atoms with Crippen LogP contribution in [-0.4, -0.2) is 52.7 Å². The number of nitrogens with one attached hydrogen (secondary N) is 1. The predicted octanol–water partition coefficient (Wildman–Crippen LogP) is 2.83. The van der Waals surface area contributed by atoms with Crippen molar-refractivity contribution in [1.82, 2.24) is 15.2 Å². The number of hydrogen-bond donors (Lipinski definition) is 2. The van der Waals surface area contributed by atoms with Crippen LogP contribution in [0, 0.1) is 5.92 Å². The number of nitrogens with zero attached hydrogens (tertiary/aromatic N) is 2. The van der Waals surface area contributed by atoms with Gasteiger partial charge in [0, 0.05) is 43.5 Å². The van der Waals surface area contributed by atoms with Gasteiger partial charge in [0.2, 0.25) is 0 Å². The smallest absolute Gasteiger partial charge is 0.252 e. The van der Waals surface area contributed by atoms with Crippen molar-refractivity contribution in [3.05, 3.63) is 66.0 Å². The van der Waals surface area contributed by atoms with Gasteiger partial charge in [-0.2, -0.15) is 0 Å². The minimum atomic E-state index is -0.0897. The van der Waals surface area contributed by atoms with Crippen LogP contribution >= 0.6 is 0 Å². The molecule has 28 heavy (non-hydrogen) atoms. The van der Waals surface area contributed by atoms with Crippen LogP contribution < -0.4 is 5.32 Å². The van der Waals surface area contributed by atoms with Gasteiger partial charge in [-0.25, -0.2) is 0 Å². The number of carbonyl (C=O) groups is 1. The molecular formula is C23H29N3O2. The lowest BCUT2D eigenvalue weighted by Crippen LogP contribution is -2.67. The van der Waals surface area contributed by atoms with Crippen molar-refractivity contribution in [2.75, 3.05) is 19.7 Å². The number of carbonyl (C=O) groups excluding carboxylic acids is 1. The standard InChI is InChI=1S/C23H29N3O2/c27-16-21-22(18-9-2-1-3-10-18)20(26(21)15-17-7-4-5-8-17)14-25-23(28)19-11-6-12-24-13-19/h1-3,6,9-13,17,20-22,27H,4-5,7-8,14-16H2,(H,25,28)/t20-,21+,22+/m1/s1. The van der Waals surface area contributed by atoms with Gasteiger partial charge in [0.05, 0.1) is 12.2 Å². The van der Waals surface area contributed by atoms with Gasteiger partial charge in [-0.1, -0.05) is 43.2 Å². The summed E-state index contributed by atoms with van der Waals surface area (Å²) in [7, 11) is 0. The summed E-state index contributed by atoms with van der Waals surface area (Å²) < 4.78 is 0. The van der Waals surface area contributed by atoms with Crippen molar-refractivity contribution >= 4 is 5.91 Å². The third-order valence-electron chi connectivity index (χ3n) is 6.39. The van der Waals surface area contributed by atoms with Gasteiger partial charge >= 0.3 is 0 Å². The van der Waals surface area contributed by atoms with Gasteiger partial charge in [0.25, 0.3) is 5.91 Å². The highest BCUT2D eigenvalue weighted by atomic mass is 16.3. The Morgan fingerprint density at radius 3 is 2.57 bits per heavy atom. The average molecular weight is 380 g/mol. The van der Waals surface area contributed by atoms with E-state index in [9.17, 15) is 9.90 Å². The highest BCUT2D eigenvalue weighted by Crippen LogP contribution is 2.42. The molecule has 2 heterocycles. The zero-order valence-corrected chi connectivity index (χ0v) is 16.2. The van der Waals surface area contributed by atoms with Crippen molar-refractivity contribution in [1.29, 1.82) is 0 Å². The van der Waals surface area contributed by atoms with Gasteiger partial charge in [-0.3, -0.25) is 14.7 Å². The average Bonchev–Trinajstić information content (AvgIpc) is 3.25. The van der Waals surface area contributed by atoms with Crippen LogP contribution in [0.3, 0.4) is 0 Å². The Bertz CT molecular complexity index is 762. The number of benzene rings is 1. The van der Waals surface area contributed by atoms with E-state index in [0.717, 1.165) is 6.54 Å². The van der Waals surface area contributed by atoms with Crippen LogP contribution in [-0.2, 0) is 0 Å². The van der Waals surface area contributed by atoms with Crippen molar-refractivity contribution < 1.29 is 9.90 Å². The molecule has 0 spiro atoms. The topological polar surface area (TPSA) is 65.5 Å². The van der Waals surface area contributed by atoms with E-state index >= 15 is 0 Å². The van der Waals surface area contributed by atoms with Crippen LogP contribution in [0.4, 0.5) is 0 Å². The Morgan fingerprint density at radius 1 is 1.11 bits per heavy atom. The molecule has 1 saturated heterocycles. The van der Waals surface area contributed by atoms with E-state index in [2.05, 4.69) is 39.5 Å². The molecule has 5 nitrogen and oxygen atoms in total. The molecule has 1 aliphatic carbocycles. The van der Waals surface area contributed by atoms with Gasteiger partial charge < -0.3 is 10.4 Å². The number of aliphatic hydroxyl groups excluding tert-OH is 1. The number of aromatic nitrogens is 1. The fourth-order valence-corrected chi connectivity index (χ4v) is 4.95. The first-order valence-corrected chi connectivity index (χ1v) is 10.4. The minimum Gasteiger partial charge on any atom is -0.395 e. The molecule has 1 aromatic heterocycles. The van der Waals surface area contributed by atoms with Gasteiger partial charge in [0.1, 0.15) is 0 Å². The molecule has 1 amide bonds. The molecule has 2 N–H and O–H groups in total. The monoisotopic (exact) mass is 379 g/mol. The van der Waals surface area contributed by atoms with Crippen molar-refractivity contribution in [3.8, 4) is 0 Å². The zero-order valence-electron chi connectivity index (χ0n) is 16.2. The summed E-state index contributed by atoms with van der Waals surface area (Å²) in [4.78, 5) is 19.0. The Hall–Kier alpha value is -2.24. The number of rotatable bonds is 7. The first-order valence-electron chi connectivity index (χ1n) is 10.4. The molecule has 1 aromatic carbocycles. The van der Waals surface area contributed by atoms with Gasteiger partial charge in [-0.15, -0.1) is 0 Å². The first-order chi connectivity index (χ1) is 13.8. The molecule has 1 saturated carbocycles. The zero-order chi connectivity index (χ0) is 19.3. The van der Waals surface area contributed by atoms with E-state index in [1.54, 1.807) is 24.5 Å². The van der Waals surface area contributed by atoms with E-state index in [1.807, 2.05) is 6.07 Å². The second-order valence-corrected chi connectivity index (χ2v) is 8.05.